The number of carbonyl (C=O) groups is 1. The second-order valence-corrected chi connectivity index (χ2v) is 4.82. The highest BCUT2D eigenvalue weighted by atomic mass is 16.5. The minimum absolute atomic E-state index is 0.156. The number of rotatable bonds is 4. The summed E-state index contributed by atoms with van der Waals surface area (Å²) in [7, 11) is 2.96. The lowest BCUT2D eigenvalue weighted by Crippen LogP contribution is -2.08. The first-order valence-corrected chi connectivity index (χ1v) is 6.53. The van der Waals surface area contributed by atoms with Crippen LogP contribution in [0.25, 0.3) is 0 Å². The van der Waals surface area contributed by atoms with Crippen molar-refractivity contribution in [3.63, 3.8) is 0 Å². The molecule has 0 aliphatic rings. The highest BCUT2D eigenvalue weighted by molar-refractivity contribution is 6.14. The van der Waals surface area contributed by atoms with Crippen LogP contribution in [0.5, 0.6) is 17.2 Å². The van der Waals surface area contributed by atoms with Crippen LogP contribution in [-0.2, 0) is 5.11 Å². The quantitative estimate of drug-likeness (QED) is 0.805. The maximum Gasteiger partial charge on any atom is 0.204 e. The molecule has 2 aromatic carbocycles. The number of carbonyl (C=O) groups excluding carboxylic acids is 1. The lowest BCUT2D eigenvalue weighted by molar-refractivity contribution is 0.102. The maximum atomic E-state index is 12.8. The molecule has 2 aromatic rings. The van der Waals surface area contributed by atoms with Crippen molar-refractivity contribution in [2.75, 3.05) is 14.2 Å². The molecule has 0 atom stereocenters. The Morgan fingerprint density at radius 1 is 0.952 bits per heavy atom. The molecular weight excluding hydrogens is 268 g/mol. The Morgan fingerprint density at radius 2 is 1.52 bits per heavy atom. The summed E-state index contributed by atoms with van der Waals surface area (Å²) in [5.74, 6) is 0.106. The van der Waals surface area contributed by atoms with Gasteiger partial charge >= 0.3 is 0 Å². The molecule has 0 aliphatic carbocycles. The lowest BCUT2D eigenvalue weighted by atomic mass is 9.95. The van der Waals surface area contributed by atoms with Gasteiger partial charge in [0.2, 0.25) is 5.78 Å². The molecule has 4 heteroatoms. The van der Waals surface area contributed by atoms with Gasteiger partial charge in [-0.25, -0.2) is 0 Å². The average molecular weight is 285 g/mol. The molecule has 1 radical (unpaired) electrons. The molecule has 109 valence electrons. The van der Waals surface area contributed by atoms with Crippen LogP contribution < -0.4 is 9.47 Å². The molecule has 0 spiro atoms. The van der Waals surface area contributed by atoms with Crippen LogP contribution in [0.4, 0.5) is 0 Å². The number of ketones is 1. The molecule has 21 heavy (non-hydrogen) atoms. The summed E-state index contributed by atoms with van der Waals surface area (Å²) in [6.07, 6.45) is 0. The van der Waals surface area contributed by atoms with E-state index in [0.717, 1.165) is 5.56 Å². The Bertz CT molecular complexity index is 644. The van der Waals surface area contributed by atoms with Crippen LogP contribution in [0.3, 0.4) is 0 Å². The Hall–Kier alpha value is -2.49. The van der Waals surface area contributed by atoms with Crippen LogP contribution in [0.1, 0.15) is 27.0 Å². The van der Waals surface area contributed by atoms with Gasteiger partial charge in [0, 0.05) is 0 Å². The van der Waals surface area contributed by atoms with E-state index < -0.39 is 0 Å². The summed E-state index contributed by atoms with van der Waals surface area (Å²) in [6.45, 7) is 3.58. The molecular formula is C17H17O4. The summed E-state index contributed by atoms with van der Waals surface area (Å²) in [5.41, 5.74) is 1.91. The first-order valence-electron chi connectivity index (χ1n) is 6.53. The van der Waals surface area contributed by atoms with Crippen molar-refractivity contribution < 1.29 is 19.4 Å². The minimum Gasteiger partial charge on any atom is -0.496 e. The molecule has 0 N–H and O–H groups in total. The second-order valence-electron chi connectivity index (χ2n) is 4.82. The van der Waals surface area contributed by atoms with Gasteiger partial charge < -0.3 is 9.47 Å². The van der Waals surface area contributed by atoms with E-state index in [-0.39, 0.29) is 22.7 Å². The molecule has 0 amide bonds. The topological polar surface area (TPSA) is 55.4 Å². The fourth-order valence-electron chi connectivity index (χ4n) is 2.42. The van der Waals surface area contributed by atoms with Crippen LogP contribution in [0, 0.1) is 13.8 Å². The highest BCUT2D eigenvalue weighted by Crippen LogP contribution is 2.34. The molecule has 0 aromatic heterocycles. The van der Waals surface area contributed by atoms with Gasteiger partial charge in [0.05, 0.1) is 19.8 Å². The van der Waals surface area contributed by atoms with Crippen molar-refractivity contribution in [1.29, 1.82) is 0 Å². The van der Waals surface area contributed by atoms with Gasteiger partial charge in [-0.3, -0.25) is 9.90 Å². The fraction of sp³-hybridized carbons (Fsp3) is 0.235. The normalized spacial score (nSPS) is 10.3. The van der Waals surface area contributed by atoms with E-state index in [1.54, 1.807) is 25.1 Å². The number of hydrogen-bond donors (Lipinski definition) is 0. The Labute approximate surface area is 123 Å². The number of hydrogen-bond acceptors (Lipinski definition) is 3. The summed E-state index contributed by atoms with van der Waals surface area (Å²) in [6, 6.07) is 8.35. The highest BCUT2D eigenvalue weighted by Gasteiger charge is 2.24. The average Bonchev–Trinajstić information content (AvgIpc) is 2.44. The zero-order chi connectivity index (χ0) is 15.6. The SMILES string of the molecule is COc1cccc(OC)c1C(=O)c1c(C)cc(C)cc1[O]. The van der Waals surface area contributed by atoms with Crippen LogP contribution in [-0.4, -0.2) is 20.0 Å². The smallest absolute Gasteiger partial charge is 0.204 e. The zero-order valence-corrected chi connectivity index (χ0v) is 12.5. The van der Waals surface area contributed by atoms with Crippen molar-refractivity contribution in [3.05, 3.63) is 52.6 Å². The van der Waals surface area contributed by atoms with Crippen molar-refractivity contribution >= 4 is 5.78 Å². The number of methoxy groups -OCH3 is 2. The van der Waals surface area contributed by atoms with Gasteiger partial charge in [-0.05, 0) is 43.2 Å². The third-order valence-electron chi connectivity index (χ3n) is 3.33. The first kappa shape index (κ1) is 14.9. The van der Waals surface area contributed by atoms with E-state index in [9.17, 15) is 9.90 Å². The molecule has 0 saturated heterocycles. The summed E-state index contributed by atoms with van der Waals surface area (Å²) in [5, 5.41) is 12.2. The van der Waals surface area contributed by atoms with Crippen LogP contribution >= 0.6 is 0 Å². The third kappa shape index (κ3) is 2.70. The van der Waals surface area contributed by atoms with Crippen molar-refractivity contribution in [1.82, 2.24) is 0 Å². The van der Waals surface area contributed by atoms with E-state index in [1.807, 2.05) is 13.0 Å². The largest absolute Gasteiger partial charge is 0.496 e. The summed E-state index contributed by atoms with van der Waals surface area (Å²) < 4.78 is 10.5. The Kier molecular flexibility index (Phi) is 4.17. The lowest BCUT2D eigenvalue weighted by Gasteiger charge is -2.13. The Balaban J connectivity index is 2.66. The van der Waals surface area contributed by atoms with Crippen molar-refractivity contribution in [3.8, 4) is 17.2 Å². The van der Waals surface area contributed by atoms with E-state index in [4.69, 9.17) is 9.47 Å². The molecule has 0 bridgehead atoms. The summed E-state index contributed by atoms with van der Waals surface area (Å²) in [4.78, 5) is 12.8. The molecule has 2 rings (SSSR count). The molecule has 0 heterocycles. The zero-order valence-electron chi connectivity index (χ0n) is 12.5. The number of ether oxygens (including phenoxy) is 2. The van der Waals surface area contributed by atoms with Crippen molar-refractivity contribution in [2.24, 2.45) is 0 Å². The van der Waals surface area contributed by atoms with Gasteiger partial charge in [0.15, 0.2) is 5.75 Å². The molecule has 0 saturated carbocycles. The van der Waals surface area contributed by atoms with Gasteiger partial charge in [0.25, 0.3) is 0 Å². The predicted molar refractivity (Wildman–Crippen MR) is 79.0 cm³/mol. The standard InChI is InChI=1S/C17H17O4/c1-10-8-11(2)15(12(18)9-10)17(19)16-13(20-3)6-5-7-14(16)21-4/h5-9H,1-4H3. The van der Waals surface area contributed by atoms with E-state index >= 15 is 0 Å². The molecule has 0 fully saturated rings. The van der Waals surface area contributed by atoms with Gasteiger partial charge in [-0.1, -0.05) is 12.1 Å². The van der Waals surface area contributed by atoms with Crippen LogP contribution in [0.2, 0.25) is 0 Å². The second kappa shape index (κ2) is 5.87. The third-order valence-corrected chi connectivity index (χ3v) is 3.33. The maximum absolute atomic E-state index is 12.8. The molecule has 0 aliphatic heterocycles. The van der Waals surface area contributed by atoms with E-state index in [0.29, 0.717) is 17.1 Å². The predicted octanol–water partition coefficient (Wildman–Crippen LogP) is 3.70. The number of aryl methyl sites for hydroxylation is 2. The fourth-order valence-corrected chi connectivity index (χ4v) is 2.42. The molecule has 4 nitrogen and oxygen atoms in total. The number of benzene rings is 2. The summed E-state index contributed by atoms with van der Waals surface area (Å²) >= 11 is 0. The first-order chi connectivity index (χ1) is 9.99. The van der Waals surface area contributed by atoms with Crippen LogP contribution in [0.15, 0.2) is 30.3 Å². The minimum atomic E-state index is -0.383. The van der Waals surface area contributed by atoms with Crippen molar-refractivity contribution in [2.45, 2.75) is 13.8 Å². The van der Waals surface area contributed by atoms with Gasteiger partial charge in [0.1, 0.15) is 17.1 Å². The van der Waals surface area contributed by atoms with E-state index in [2.05, 4.69) is 0 Å². The Morgan fingerprint density at radius 3 is 2.00 bits per heavy atom. The van der Waals surface area contributed by atoms with Gasteiger partial charge in [-0.2, -0.15) is 0 Å². The van der Waals surface area contributed by atoms with E-state index in [1.165, 1.54) is 20.3 Å². The monoisotopic (exact) mass is 285 g/mol. The van der Waals surface area contributed by atoms with Gasteiger partial charge in [-0.15, -0.1) is 0 Å². The molecule has 0 unspecified atom stereocenters.